The topological polar surface area (TPSA) is 51.7 Å². The molecular weight excluding hydrogens is 697 g/mol. The van der Waals surface area contributed by atoms with Gasteiger partial charge in [-0.15, -0.1) is 0 Å². The molecule has 1 unspecified atom stereocenters. The molecule has 0 fully saturated rings. The number of para-hydroxylation sites is 2. The van der Waals surface area contributed by atoms with E-state index in [1.807, 2.05) is 43.3 Å². The summed E-state index contributed by atoms with van der Waals surface area (Å²) in [5.41, 5.74) is 7.99. The van der Waals surface area contributed by atoms with Crippen molar-refractivity contribution in [1.29, 1.82) is 0 Å². The van der Waals surface area contributed by atoms with Gasteiger partial charge in [0.05, 0.1) is 18.2 Å². The van der Waals surface area contributed by atoms with Crippen LogP contribution < -0.4 is 9.64 Å². The lowest BCUT2D eigenvalue weighted by atomic mass is 9.88. The van der Waals surface area contributed by atoms with Crippen LogP contribution in [0.5, 0.6) is 5.75 Å². The van der Waals surface area contributed by atoms with E-state index in [4.69, 9.17) is 26.1 Å². The third-order valence-electron chi connectivity index (χ3n) is 9.76. The molecule has 1 aliphatic carbocycles. The fraction of sp³-hybridized carbons (Fsp3) is 0.318. The molecule has 0 saturated carbocycles. The van der Waals surface area contributed by atoms with E-state index in [9.17, 15) is 18.0 Å². The number of hydrogen-bond acceptors (Lipinski definition) is 5. The van der Waals surface area contributed by atoms with Gasteiger partial charge in [-0.25, -0.2) is 0 Å². The van der Waals surface area contributed by atoms with Crippen molar-refractivity contribution in [1.82, 2.24) is 4.98 Å². The number of benzene rings is 4. The molecule has 0 radical (unpaired) electrons. The van der Waals surface area contributed by atoms with E-state index in [0.29, 0.717) is 29.4 Å². The number of unbranched alkanes of at least 4 members (excludes halogenated alkanes) is 1. The summed E-state index contributed by atoms with van der Waals surface area (Å²) in [4.78, 5) is 19.7. The van der Waals surface area contributed by atoms with Crippen LogP contribution in [0.3, 0.4) is 0 Å². The van der Waals surface area contributed by atoms with Crippen LogP contribution in [-0.2, 0) is 35.2 Å². The second-order valence-corrected chi connectivity index (χ2v) is 13.6. The van der Waals surface area contributed by atoms with Gasteiger partial charge in [0.25, 0.3) is 0 Å². The normalized spacial score (nSPS) is 14.0. The number of fused-ring (bicyclic) bond motifs is 1. The molecule has 1 aliphatic rings. The highest BCUT2D eigenvalue weighted by Gasteiger charge is 2.31. The first kappa shape index (κ1) is 37.9. The largest absolute Gasteiger partial charge is 0.488 e. The predicted molar refractivity (Wildman–Crippen MR) is 205 cm³/mol. The molecule has 53 heavy (non-hydrogen) atoms. The first-order valence-corrected chi connectivity index (χ1v) is 18.7. The number of halogens is 4. The van der Waals surface area contributed by atoms with Crippen molar-refractivity contribution in [2.24, 2.45) is 0 Å². The van der Waals surface area contributed by atoms with Crippen molar-refractivity contribution in [2.75, 3.05) is 18.1 Å². The Labute approximate surface area is 314 Å². The van der Waals surface area contributed by atoms with Gasteiger partial charge in [-0.2, -0.15) is 13.2 Å². The van der Waals surface area contributed by atoms with Crippen molar-refractivity contribution < 1.29 is 27.4 Å². The number of ether oxygens (including phenoxy) is 2. The summed E-state index contributed by atoms with van der Waals surface area (Å²) in [5, 5.41) is 0.463. The van der Waals surface area contributed by atoms with E-state index >= 15 is 0 Å². The average molecular weight is 741 g/mol. The Morgan fingerprint density at radius 2 is 1.62 bits per heavy atom. The maximum Gasteiger partial charge on any atom is 0.416 e. The zero-order valence-electron chi connectivity index (χ0n) is 30.1. The summed E-state index contributed by atoms with van der Waals surface area (Å²) in [6.45, 7) is 5.29. The Morgan fingerprint density at radius 1 is 0.887 bits per heavy atom. The number of aryl methyl sites for hydroxylation is 2. The number of pyridine rings is 1. The molecule has 5 nitrogen and oxygen atoms in total. The van der Waals surface area contributed by atoms with E-state index in [-0.39, 0.29) is 18.6 Å². The van der Waals surface area contributed by atoms with Crippen LogP contribution in [-0.4, -0.2) is 24.1 Å². The molecule has 0 saturated heterocycles. The molecule has 0 amide bonds. The van der Waals surface area contributed by atoms with Gasteiger partial charge < -0.3 is 14.4 Å². The number of nitrogens with zero attached hydrogens (tertiary/aromatic N) is 2. The van der Waals surface area contributed by atoms with Crippen LogP contribution in [0.1, 0.15) is 80.1 Å². The minimum absolute atomic E-state index is 0.121. The Morgan fingerprint density at radius 3 is 2.36 bits per heavy atom. The third kappa shape index (κ3) is 9.22. The molecule has 0 N–H and O–H groups in total. The monoisotopic (exact) mass is 740 g/mol. The Balaban J connectivity index is 1.27. The van der Waals surface area contributed by atoms with Crippen molar-refractivity contribution in [3.63, 3.8) is 0 Å². The van der Waals surface area contributed by atoms with Gasteiger partial charge in [0.1, 0.15) is 12.4 Å². The quantitative estimate of drug-likeness (QED) is 0.0838. The molecule has 6 rings (SSSR count). The lowest BCUT2D eigenvalue weighted by molar-refractivity contribution is -0.143. The number of aromatic nitrogens is 1. The summed E-state index contributed by atoms with van der Waals surface area (Å²) >= 11 is 6.72. The van der Waals surface area contributed by atoms with E-state index in [2.05, 4.69) is 48.2 Å². The summed E-state index contributed by atoms with van der Waals surface area (Å²) < 4.78 is 50.9. The number of alkyl halides is 3. The predicted octanol–water partition coefficient (Wildman–Crippen LogP) is 11.8. The minimum Gasteiger partial charge on any atom is -0.488 e. The smallest absolute Gasteiger partial charge is 0.416 e. The van der Waals surface area contributed by atoms with E-state index in [1.165, 1.54) is 23.4 Å². The molecule has 276 valence electrons. The highest BCUT2D eigenvalue weighted by Crippen LogP contribution is 2.43. The van der Waals surface area contributed by atoms with Gasteiger partial charge in [0, 0.05) is 51.8 Å². The van der Waals surface area contributed by atoms with Crippen molar-refractivity contribution in [3.05, 3.63) is 136 Å². The van der Waals surface area contributed by atoms with Crippen LogP contribution >= 0.6 is 11.6 Å². The molecule has 9 heteroatoms. The van der Waals surface area contributed by atoms with Crippen molar-refractivity contribution in [3.8, 4) is 28.0 Å². The number of carbonyl (C=O) groups excluding carboxylic acids is 1. The molecule has 0 bridgehead atoms. The number of esters is 1. The van der Waals surface area contributed by atoms with Gasteiger partial charge in [0.15, 0.2) is 0 Å². The highest BCUT2D eigenvalue weighted by atomic mass is 35.5. The summed E-state index contributed by atoms with van der Waals surface area (Å²) in [6, 6.07) is 31.4. The van der Waals surface area contributed by atoms with Crippen LogP contribution in [0, 0.1) is 0 Å². The molecule has 1 atom stereocenters. The Hall–Kier alpha value is -4.82. The second-order valence-electron chi connectivity index (χ2n) is 13.2. The average Bonchev–Trinajstić information content (AvgIpc) is 3.17. The van der Waals surface area contributed by atoms with Crippen LogP contribution in [0.2, 0.25) is 5.02 Å². The third-order valence-corrected chi connectivity index (χ3v) is 10.1. The van der Waals surface area contributed by atoms with E-state index in [0.717, 1.165) is 90.8 Å². The van der Waals surface area contributed by atoms with Crippen LogP contribution in [0.25, 0.3) is 22.3 Å². The zero-order valence-corrected chi connectivity index (χ0v) is 30.9. The fourth-order valence-corrected chi connectivity index (χ4v) is 7.28. The lowest BCUT2D eigenvalue weighted by Gasteiger charge is -2.38. The molecular formula is C44H44ClF3N2O3. The molecule has 0 spiro atoms. The molecule has 4 aromatic carbocycles. The van der Waals surface area contributed by atoms with Crippen LogP contribution in [0.4, 0.5) is 18.9 Å². The summed E-state index contributed by atoms with van der Waals surface area (Å²) in [6.07, 6.45) is 1.42. The van der Waals surface area contributed by atoms with Gasteiger partial charge >= 0.3 is 12.1 Å². The number of hydrogen-bond donors (Lipinski definition) is 0. The standard InChI is InChI=1S/C44H44ClF3N2O3/c1-3-34-25-26-37-39(49-34)14-11-16-41(37)50(27-10-9-18-43(51)52-4-2)40-15-7-5-12-35(40)36-13-6-8-17-42(36)53-29-32-20-19-31(28-38(32)45)30-21-23-33(24-22-30)44(46,47)48/h5-8,12-13,15,17,19-26,28,41H,3-4,9-11,14,16,18,27,29H2,1-2H3. The first-order valence-electron chi connectivity index (χ1n) is 18.3. The van der Waals surface area contributed by atoms with E-state index < -0.39 is 11.7 Å². The van der Waals surface area contributed by atoms with Gasteiger partial charge in [0.2, 0.25) is 0 Å². The fourth-order valence-electron chi connectivity index (χ4n) is 7.05. The number of rotatable bonds is 14. The van der Waals surface area contributed by atoms with Gasteiger partial charge in [-0.1, -0.05) is 85.3 Å². The Kier molecular flexibility index (Phi) is 12.4. The minimum atomic E-state index is -4.39. The molecule has 5 aromatic rings. The van der Waals surface area contributed by atoms with Gasteiger partial charge in [-0.3, -0.25) is 9.78 Å². The SMILES string of the molecule is CCOC(=O)CCCCN(c1ccccc1-c1ccccc1OCc1ccc(-c2ccc(C(F)(F)F)cc2)cc1Cl)C1CCCc2nc(CC)ccc21. The zero-order chi connectivity index (χ0) is 37.4. The number of carbonyl (C=O) groups is 1. The van der Waals surface area contributed by atoms with Gasteiger partial charge in [-0.05, 0) is 98.5 Å². The maximum absolute atomic E-state index is 13.1. The van der Waals surface area contributed by atoms with Crippen LogP contribution in [0.15, 0.2) is 103 Å². The maximum atomic E-state index is 13.1. The summed E-state index contributed by atoms with van der Waals surface area (Å²) in [5.74, 6) is 0.530. The Bertz CT molecular complexity index is 2010. The molecule has 1 heterocycles. The number of anilines is 1. The first-order chi connectivity index (χ1) is 25.7. The van der Waals surface area contributed by atoms with Crippen molar-refractivity contribution in [2.45, 2.75) is 77.6 Å². The second kappa shape index (κ2) is 17.3. The molecule has 1 aromatic heterocycles. The van der Waals surface area contributed by atoms with Crippen molar-refractivity contribution >= 4 is 23.3 Å². The van der Waals surface area contributed by atoms with E-state index in [1.54, 1.807) is 6.07 Å². The summed E-state index contributed by atoms with van der Waals surface area (Å²) in [7, 11) is 0. The molecule has 0 aliphatic heterocycles. The lowest BCUT2D eigenvalue weighted by Crippen LogP contribution is -2.33. The highest BCUT2D eigenvalue weighted by molar-refractivity contribution is 6.31.